The van der Waals surface area contributed by atoms with Crippen LogP contribution >= 0.6 is 15.9 Å². The molecule has 0 radical (unpaired) electrons. The molecule has 15 heavy (non-hydrogen) atoms. The Kier molecular flexibility index (Phi) is 3.79. The third-order valence-corrected chi connectivity index (χ3v) is 2.02. The molecule has 0 N–H and O–H groups in total. The third kappa shape index (κ3) is 3.32. The van der Waals surface area contributed by atoms with Crippen LogP contribution in [0.5, 0.6) is 0 Å². The summed E-state index contributed by atoms with van der Waals surface area (Å²) in [6.45, 7) is 0. The van der Waals surface area contributed by atoms with Gasteiger partial charge < -0.3 is 15.0 Å². The quantitative estimate of drug-likeness (QED) is 0.625. The largest absolute Gasteiger partial charge is 0.383 e. The molecule has 1 heterocycles. The van der Waals surface area contributed by atoms with Crippen molar-refractivity contribution in [3.63, 3.8) is 0 Å². The van der Waals surface area contributed by atoms with Crippen LogP contribution in [0.25, 0.3) is 6.08 Å². The van der Waals surface area contributed by atoms with E-state index in [0.29, 0.717) is 10.0 Å². The summed E-state index contributed by atoms with van der Waals surface area (Å²) in [4.78, 5) is 15.7. The van der Waals surface area contributed by atoms with Crippen LogP contribution in [0.3, 0.4) is 0 Å². The van der Waals surface area contributed by atoms with E-state index in [2.05, 4.69) is 20.9 Å². The van der Waals surface area contributed by atoms with Crippen LogP contribution in [0.1, 0.15) is 5.56 Å². The zero-order valence-corrected chi connectivity index (χ0v) is 9.93. The fraction of sp³-hybridized carbons (Fsp3) is 0.222. The zero-order chi connectivity index (χ0) is 11.4. The molecule has 0 saturated heterocycles. The molecule has 1 rings (SSSR count). The van der Waals surface area contributed by atoms with Gasteiger partial charge in [-0.1, -0.05) is 0 Å². The molecule has 0 aliphatic heterocycles. The fourth-order valence-corrected chi connectivity index (χ4v) is 1.30. The van der Waals surface area contributed by atoms with E-state index in [9.17, 15) is 10.1 Å². The summed E-state index contributed by atoms with van der Waals surface area (Å²) in [5, 5.41) is 10.7. The molecule has 0 fully saturated rings. The first-order chi connectivity index (χ1) is 7.00. The highest BCUT2D eigenvalue weighted by Gasteiger charge is 2.13. The number of halogens is 1. The highest BCUT2D eigenvalue weighted by molar-refractivity contribution is 9.10. The van der Waals surface area contributed by atoms with Crippen molar-refractivity contribution in [1.29, 1.82) is 0 Å². The molecule has 0 bridgehead atoms. The zero-order valence-electron chi connectivity index (χ0n) is 8.35. The van der Waals surface area contributed by atoms with E-state index in [4.69, 9.17) is 0 Å². The van der Waals surface area contributed by atoms with Crippen molar-refractivity contribution in [3.05, 3.63) is 38.6 Å². The summed E-state index contributed by atoms with van der Waals surface area (Å²) < 4.78 is 0.714. The lowest BCUT2D eigenvalue weighted by Gasteiger charge is -2.03. The fourth-order valence-electron chi connectivity index (χ4n) is 0.952. The molecular formula is C9H10BrN3O2. The molecule has 80 valence electrons. The maximum atomic E-state index is 10.7. The second-order valence-electron chi connectivity index (χ2n) is 3.10. The minimum Gasteiger partial charge on any atom is -0.383 e. The van der Waals surface area contributed by atoms with Crippen molar-refractivity contribution in [3.8, 4) is 0 Å². The Morgan fingerprint density at radius 3 is 2.80 bits per heavy atom. The summed E-state index contributed by atoms with van der Waals surface area (Å²) in [7, 11) is 3.68. The first kappa shape index (κ1) is 11.6. The average Bonchev–Trinajstić information content (AvgIpc) is 2.14. The topological polar surface area (TPSA) is 59.3 Å². The van der Waals surface area contributed by atoms with Crippen LogP contribution in [0.4, 0.5) is 5.82 Å². The summed E-state index contributed by atoms with van der Waals surface area (Å²) in [6, 6.07) is 1.66. The van der Waals surface area contributed by atoms with Crippen LogP contribution in [0, 0.1) is 10.1 Å². The van der Waals surface area contributed by atoms with Gasteiger partial charge in [0.25, 0.3) is 0 Å². The standard InChI is InChI=1S/C9H10BrN3O2/c1-12(2)4-3-7-5-8(10)6-11-9(7)13(14)15/h3-6H,1-2H3/b4-3+. The Morgan fingerprint density at radius 1 is 1.60 bits per heavy atom. The minimum atomic E-state index is -0.498. The van der Waals surface area contributed by atoms with Crippen LogP contribution in [-0.2, 0) is 0 Å². The second kappa shape index (κ2) is 4.88. The smallest absolute Gasteiger partial charge is 0.370 e. The van der Waals surface area contributed by atoms with Gasteiger partial charge in [-0.15, -0.1) is 0 Å². The Labute approximate surface area is 95.7 Å². The number of nitro groups is 1. The molecule has 0 amide bonds. The molecule has 0 spiro atoms. The molecule has 6 heteroatoms. The minimum absolute atomic E-state index is 0.142. The number of pyridine rings is 1. The number of aromatic nitrogens is 1. The van der Waals surface area contributed by atoms with Crippen molar-refractivity contribution in [2.75, 3.05) is 14.1 Å². The van der Waals surface area contributed by atoms with Crippen molar-refractivity contribution >= 4 is 27.8 Å². The van der Waals surface area contributed by atoms with E-state index in [1.54, 1.807) is 23.2 Å². The van der Waals surface area contributed by atoms with Gasteiger partial charge in [0.1, 0.15) is 0 Å². The maximum absolute atomic E-state index is 10.7. The van der Waals surface area contributed by atoms with E-state index < -0.39 is 4.92 Å². The van der Waals surface area contributed by atoms with E-state index in [1.165, 1.54) is 6.20 Å². The van der Waals surface area contributed by atoms with Crippen molar-refractivity contribution < 1.29 is 4.92 Å². The Hall–Kier alpha value is -1.43. The van der Waals surface area contributed by atoms with Gasteiger partial charge in [-0.2, -0.15) is 0 Å². The molecule has 0 unspecified atom stereocenters. The predicted octanol–water partition coefficient (Wildman–Crippen LogP) is 2.28. The summed E-state index contributed by atoms with van der Waals surface area (Å²) in [5.74, 6) is -0.142. The molecule has 1 aromatic heterocycles. The first-order valence-electron chi connectivity index (χ1n) is 4.15. The number of hydrogen-bond donors (Lipinski definition) is 0. The maximum Gasteiger partial charge on any atom is 0.370 e. The van der Waals surface area contributed by atoms with Gasteiger partial charge in [0.15, 0.2) is 6.20 Å². The molecule has 0 aliphatic carbocycles. The van der Waals surface area contributed by atoms with Crippen LogP contribution in [0.2, 0.25) is 0 Å². The van der Waals surface area contributed by atoms with Gasteiger partial charge in [0.05, 0.1) is 10.0 Å². The molecule has 0 saturated carbocycles. The van der Waals surface area contributed by atoms with Gasteiger partial charge >= 0.3 is 5.82 Å². The monoisotopic (exact) mass is 271 g/mol. The Balaban J connectivity index is 3.13. The Morgan fingerprint density at radius 2 is 2.27 bits per heavy atom. The molecule has 0 atom stereocenters. The lowest BCUT2D eigenvalue weighted by atomic mass is 10.2. The number of rotatable bonds is 3. The van der Waals surface area contributed by atoms with Crippen molar-refractivity contribution in [2.45, 2.75) is 0 Å². The average molecular weight is 272 g/mol. The van der Waals surface area contributed by atoms with Crippen molar-refractivity contribution in [1.82, 2.24) is 9.88 Å². The molecule has 0 aliphatic rings. The highest BCUT2D eigenvalue weighted by atomic mass is 79.9. The van der Waals surface area contributed by atoms with Gasteiger partial charge in [0, 0.05) is 14.1 Å². The third-order valence-electron chi connectivity index (χ3n) is 1.59. The summed E-state index contributed by atoms with van der Waals surface area (Å²) in [6.07, 6.45) is 4.79. The lowest BCUT2D eigenvalue weighted by molar-refractivity contribution is -0.389. The second-order valence-corrected chi connectivity index (χ2v) is 4.02. The number of hydrogen-bond acceptors (Lipinski definition) is 4. The molecular weight excluding hydrogens is 262 g/mol. The highest BCUT2D eigenvalue weighted by Crippen LogP contribution is 2.21. The first-order valence-corrected chi connectivity index (χ1v) is 4.94. The molecule has 1 aromatic rings. The van der Waals surface area contributed by atoms with E-state index >= 15 is 0 Å². The lowest BCUT2D eigenvalue weighted by Crippen LogP contribution is -2.00. The van der Waals surface area contributed by atoms with Gasteiger partial charge in [-0.05, 0) is 44.2 Å². The summed E-state index contributed by atoms with van der Waals surface area (Å²) >= 11 is 3.22. The van der Waals surface area contributed by atoms with Crippen molar-refractivity contribution in [2.24, 2.45) is 0 Å². The predicted molar refractivity (Wildman–Crippen MR) is 61.3 cm³/mol. The normalized spacial score (nSPS) is 10.6. The van der Waals surface area contributed by atoms with Crippen LogP contribution < -0.4 is 0 Å². The van der Waals surface area contributed by atoms with Gasteiger partial charge in [-0.25, -0.2) is 0 Å². The van der Waals surface area contributed by atoms with Gasteiger partial charge in [-0.3, -0.25) is 0 Å². The SMILES string of the molecule is CN(C)/C=C/c1cc(Br)cnc1[N+](=O)[O-]. The van der Waals surface area contributed by atoms with E-state index in [-0.39, 0.29) is 5.82 Å². The molecule has 5 nitrogen and oxygen atoms in total. The van der Waals surface area contributed by atoms with Crippen LogP contribution in [0.15, 0.2) is 22.9 Å². The van der Waals surface area contributed by atoms with E-state index in [0.717, 1.165) is 0 Å². The van der Waals surface area contributed by atoms with Gasteiger partial charge in [0.2, 0.25) is 0 Å². The number of nitrogens with zero attached hydrogens (tertiary/aromatic N) is 3. The van der Waals surface area contributed by atoms with E-state index in [1.807, 2.05) is 14.1 Å². The van der Waals surface area contributed by atoms with Crippen LogP contribution in [-0.4, -0.2) is 28.9 Å². The Bertz CT molecular complexity index is 404. The molecule has 0 aromatic carbocycles. The summed E-state index contributed by atoms with van der Waals surface area (Å²) in [5.41, 5.74) is 0.475.